The first-order chi connectivity index (χ1) is 11.9. The third-order valence-electron chi connectivity index (χ3n) is 4.78. The van der Waals surface area contributed by atoms with E-state index < -0.39 is 0 Å². The summed E-state index contributed by atoms with van der Waals surface area (Å²) in [5, 5.41) is 5.48. The predicted octanol–water partition coefficient (Wildman–Crippen LogP) is 4.98. The second kappa shape index (κ2) is 5.60. The second-order valence-electron chi connectivity index (χ2n) is 7.54. The zero-order valence-corrected chi connectivity index (χ0v) is 15.3. The van der Waals surface area contributed by atoms with Gasteiger partial charge in [-0.05, 0) is 42.5 Å². The molecule has 0 saturated heterocycles. The van der Waals surface area contributed by atoms with Gasteiger partial charge in [-0.3, -0.25) is 4.79 Å². The number of halogens is 1. The molecule has 0 radical (unpaired) electrons. The molecule has 0 bridgehead atoms. The lowest BCUT2D eigenvalue weighted by molar-refractivity contribution is 0.0912. The highest BCUT2D eigenvalue weighted by Gasteiger charge is 2.36. The summed E-state index contributed by atoms with van der Waals surface area (Å²) in [5.74, 6) is 0.988. The van der Waals surface area contributed by atoms with Crippen molar-refractivity contribution in [1.82, 2.24) is 14.8 Å². The first-order valence-electron chi connectivity index (χ1n) is 8.41. The van der Waals surface area contributed by atoms with Crippen LogP contribution in [-0.4, -0.2) is 20.5 Å². The van der Waals surface area contributed by atoms with Gasteiger partial charge in [0.05, 0.1) is 17.0 Å². The summed E-state index contributed by atoms with van der Waals surface area (Å²) in [6, 6.07) is 9.78. The number of nitrogens with zero attached hydrogens (tertiary/aromatic N) is 2. The van der Waals surface area contributed by atoms with Crippen molar-refractivity contribution in [3.05, 3.63) is 58.4 Å². The van der Waals surface area contributed by atoms with E-state index in [1.54, 1.807) is 0 Å². The number of rotatable bonds is 2. The molecule has 1 aliphatic carbocycles. The third-order valence-corrected chi connectivity index (χ3v) is 5.18. The molecule has 0 fully saturated rings. The van der Waals surface area contributed by atoms with Crippen molar-refractivity contribution in [1.29, 1.82) is 0 Å². The van der Waals surface area contributed by atoms with Crippen molar-refractivity contribution in [3.63, 3.8) is 0 Å². The lowest BCUT2D eigenvalue weighted by atomic mass is 9.75. The maximum absolute atomic E-state index is 12.9. The molecule has 128 valence electrons. The van der Waals surface area contributed by atoms with E-state index in [0.717, 1.165) is 40.3 Å². The zero-order chi connectivity index (χ0) is 17.8. The van der Waals surface area contributed by atoms with Crippen molar-refractivity contribution in [2.24, 2.45) is 5.41 Å². The van der Waals surface area contributed by atoms with Crippen LogP contribution in [-0.2, 0) is 6.42 Å². The predicted molar refractivity (Wildman–Crippen MR) is 99.5 cm³/mol. The number of ketones is 1. The van der Waals surface area contributed by atoms with E-state index in [-0.39, 0.29) is 11.2 Å². The van der Waals surface area contributed by atoms with Crippen LogP contribution in [0.25, 0.3) is 17.1 Å². The Bertz CT molecular complexity index is 967. The summed E-state index contributed by atoms with van der Waals surface area (Å²) in [7, 11) is 0. The van der Waals surface area contributed by atoms with E-state index in [4.69, 9.17) is 16.7 Å². The van der Waals surface area contributed by atoms with Crippen LogP contribution < -0.4 is 0 Å². The summed E-state index contributed by atoms with van der Waals surface area (Å²) in [5.41, 5.74) is 4.27. The van der Waals surface area contributed by atoms with E-state index in [1.807, 2.05) is 48.1 Å². The maximum atomic E-state index is 12.9. The van der Waals surface area contributed by atoms with Crippen LogP contribution in [0.2, 0.25) is 5.02 Å². The molecule has 5 heteroatoms. The van der Waals surface area contributed by atoms with Gasteiger partial charge in [0.2, 0.25) is 0 Å². The van der Waals surface area contributed by atoms with Crippen LogP contribution in [0.3, 0.4) is 0 Å². The first kappa shape index (κ1) is 16.2. The third kappa shape index (κ3) is 2.71. The number of carbonyl (C=O) groups excluding carboxylic acids is 1. The molecule has 4 rings (SSSR count). The summed E-state index contributed by atoms with van der Waals surface area (Å²) in [4.78, 5) is 16.1. The van der Waals surface area contributed by atoms with Crippen molar-refractivity contribution in [2.45, 2.75) is 33.6 Å². The fraction of sp³-hybridized carbons (Fsp3) is 0.300. The van der Waals surface area contributed by atoms with Crippen molar-refractivity contribution in [3.8, 4) is 17.1 Å². The van der Waals surface area contributed by atoms with Gasteiger partial charge in [0.25, 0.3) is 0 Å². The minimum absolute atomic E-state index is 0.0683. The van der Waals surface area contributed by atoms with Gasteiger partial charge in [-0.15, -0.1) is 0 Å². The quantitative estimate of drug-likeness (QED) is 0.706. The van der Waals surface area contributed by atoms with Gasteiger partial charge in [0, 0.05) is 23.2 Å². The van der Waals surface area contributed by atoms with Gasteiger partial charge >= 0.3 is 0 Å². The normalized spacial score (nSPS) is 16.1. The largest absolute Gasteiger partial charge is 0.347 e. The number of H-pyrrole nitrogens is 1. The molecule has 0 unspecified atom stereocenters. The van der Waals surface area contributed by atoms with Gasteiger partial charge in [-0.25, -0.2) is 4.68 Å². The smallest absolute Gasteiger partial charge is 0.167 e. The minimum Gasteiger partial charge on any atom is -0.347 e. The van der Waals surface area contributed by atoms with Crippen molar-refractivity contribution < 1.29 is 4.79 Å². The number of carbonyl (C=O) groups is 1. The van der Waals surface area contributed by atoms with Crippen molar-refractivity contribution >= 4 is 17.4 Å². The average molecular weight is 354 g/mol. The number of fused-ring (bicyclic) bond motifs is 1. The van der Waals surface area contributed by atoms with Gasteiger partial charge < -0.3 is 4.98 Å². The number of nitrogens with one attached hydrogen (secondary N) is 1. The summed E-state index contributed by atoms with van der Waals surface area (Å²) < 4.78 is 1.84. The van der Waals surface area contributed by atoms with Crippen LogP contribution in [0.1, 0.15) is 41.9 Å². The molecule has 0 amide bonds. The minimum atomic E-state index is -0.0683. The Balaban J connectivity index is 2.00. The Morgan fingerprint density at radius 2 is 2.04 bits per heavy atom. The average Bonchev–Trinajstić information content (AvgIpc) is 3.15. The molecule has 1 N–H and O–H groups in total. The van der Waals surface area contributed by atoms with Crippen LogP contribution in [0.15, 0.2) is 36.5 Å². The Labute approximate surface area is 151 Å². The molecule has 3 aromatic rings. The molecule has 0 atom stereocenters. The van der Waals surface area contributed by atoms with Gasteiger partial charge in [0.15, 0.2) is 5.78 Å². The Hall–Kier alpha value is -2.33. The highest BCUT2D eigenvalue weighted by Crippen LogP contribution is 2.40. The molecule has 1 aromatic carbocycles. The maximum Gasteiger partial charge on any atom is 0.167 e. The number of aromatic amines is 1. The van der Waals surface area contributed by atoms with Crippen LogP contribution in [0.5, 0.6) is 0 Å². The molecule has 0 spiro atoms. The topological polar surface area (TPSA) is 50.7 Å². The van der Waals surface area contributed by atoms with Gasteiger partial charge in [-0.1, -0.05) is 37.6 Å². The summed E-state index contributed by atoms with van der Waals surface area (Å²) in [6.07, 6.45) is 3.17. The van der Waals surface area contributed by atoms with E-state index in [9.17, 15) is 4.79 Å². The molecule has 4 nitrogen and oxygen atoms in total. The highest BCUT2D eigenvalue weighted by atomic mass is 35.5. The number of hydrogen-bond acceptors (Lipinski definition) is 2. The Morgan fingerprint density at radius 3 is 2.72 bits per heavy atom. The molecular formula is C20H20ClN3O. The molecule has 25 heavy (non-hydrogen) atoms. The molecule has 2 heterocycles. The Morgan fingerprint density at radius 1 is 1.24 bits per heavy atom. The lowest BCUT2D eigenvalue weighted by Crippen LogP contribution is -2.26. The van der Waals surface area contributed by atoms with Crippen LogP contribution in [0.4, 0.5) is 0 Å². The highest BCUT2D eigenvalue weighted by molar-refractivity contribution is 6.31. The lowest BCUT2D eigenvalue weighted by Gasteiger charge is -2.27. The number of Topliss-reactive ketones (excluding diaryl/α,β-unsaturated/α-hetero) is 1. The van der Waals surface area contributed by atoms with Crippen molar-refractivity contribution in [2.75, 3.05) is 0 Å². The van der Waals surface area contributed by atoms with Gasteiger partial charge in [-0.2, -0.15) is 5.10 Å². The first-order valence-corrected chi connectivity index (χ1v) is 8.79. The number of benzene rings is 1. The molecule has 0 saturated carbocycles. The van der Waals surface area contributed by atoms with Gasteiger partial charge in [0.1, 0.15) is 5.82 Å². The molecule has 2 aromatic heterocycles. The van der Waals surface area contributed by atoms with E-state index in [0.29, 0.717) is 11.4 Å². The SMILES string of the molecule is Cc1ccc(-c2c3c(nn2-c2ccc[nH]2)CC(C)(C)CC3=O)cc1Cl. The standard InChI is InChI=1S/C20H20ClN3O/c1-12-6-7-13(9-14(12)21)19-18-15(10-20(2,3)11-16(18)25)23-24(19)17-5-4-8-22-17/h4-9,22H,10-11H2,1-3H3. The van der Waals surface area contributed by atoms with Crippen LogP contribution >= 0.6 is 11.6 Å². The molecule has 0 aliphatic heterocycles. The molecule has 1 aliphatic rings. The number of hydrogen-bond donors (Lipinski definition) is 1. The van der Waals surface area contributed by atoms with E-state index >= 15 is 0 Å². The second-order valence-corrected chi connectivity index (χ2v) is 7.95. The Kier molecular flexibility index (Phi) is 3.62. The summed E-state index contributed by atoms with van der Waals surface area (Å²) in [6.45, 7) is 6.20. The fourth-order valence-electron chi connectivity index (χ4n) is 3.55. The summed E-state index contributed by atoms with van der Waals surface area (Å²) >= 11 is 6.35. The number of aryl methyl sites for hydroxylation is 1. The van der Waals surface area contributed by atoms with Crippen LogP contribution in [0, 0.1) is 12.3 Å². The van der Waals surface area contributed by atoms with E-state index in [2.05, 4.69) is 18.8 Å². The zero-order valence-electron chi connectivity index (χ0n) is 14.6. The molecular weight excluding hydrogens is 334 g/mol. The monoisotopic (exact) mass is 353 g/mol. The van der Waals surface area contributed by atoms with E-state index in [1.165, 1.54) is 0 Å². The number of aromatic nitrogens is 3. The fourth-order valence-corrected chi connectivity index (χ4v) is 3.73.